The predicted octanol–water partition coefficient (Wildman–Crippen LogP) is 2.31. The maximum Gasteiger partial charge on any atom is 0.330 e. The van der Waals surface area contributed by atoms with Gasteiger partial charge in [0.05, 0.1) is 6.61 Å². The van der Waals surface area contributed by atoms with E-state index in [1.807, 2.05) is 6.92 Å². The average molecular weight is 282 g/mol. The van der Waals surface area contributed by atoms with Crippen LogP contribution < -0.4 is 15.2 Å². The number of hydrogen-bond donors (Lipinski definition) is 1. The van der Waals surface area contributed by atoms with Crippen LogP contribution in [0.3, 0.4) is 0 Å². The van der Waals surface area contributed by atoms with Gasteiger partial charge >= 0.3 is 12.0 Å². The molecule has 6 nitrogen and oxygen atoms in total. The number of rotatable bonds is 5. The Labute approximate surface area is 113 Å². The zero-order valence-corrected chi connectivity index (χ0v) is 10.6. The molecular weight excluding hydrogens is 270 g/mol. The molecule has 0 amide bonds. The van der Waals surface area contributed by atoms with Gasteiger partial charge in [-0.2, -0.15) is 9.97 Å². The summed E-state index contributed by atoms with van der Waals surface area (Å²) >= 11 is 0. The highest BCUT2D eigenvalue weighted by atomic mass is 19.2. The molecule has 0 bridgehead atoms. The van der Waals surface area contributed by atoms with Crippen LogP contribution >= 0.6 is 0 Å². The number of nitrogens with two attached hydrogens (primary N) is 1. The van der Waals surface area contributed by atoms with E-state index in [0.29, 0.717) is 6.61 Å². The molecule has 20 heavy (non-hydrogen) atoms. The van der Waals surface area contributed by atoms with Crippen molar-refractivity contribution in [2.45, 2.75) is 13.3 Å². The molecule has 0 aliphatic rings. The predicted molar refractivity (Wildman–Crippen MR) is 66.5 cm³/mol. The van der Waals surface area contributed by atoms with Crippen LogP contribution in [0.1, 0.15) is 13.3 Å². The van der Waals surface area contributed by atoms with E-state index in [1.165, 1.54) is 6.07 Å². The van der Waals surface area contributed by atoms with Crippen molar-refractivity contribution in [2.75, 3.05) is 12.3 Å². The Balaban J connectivity index is 2.19. The van der Waals surface area contributed by atoms with Crippen molar-refractivity contribution < 1.29 is 18.3 Å². The van der Waals surface area contributed by atoms with Gasteiger partial charge in [0.25, 0.3) is 0 Å². The summed E-state index contributed by atoms with van der Waals surface area (Å²) in [5.74, 6) is -2.06. The lowest BCUT2D eigenvalue weighted by Crippen LogP contribution is -2.05. The molecule has 0 aliphatic heterocycles. The van der Waals surface area contributed by atoms with Gasteiger partial charge in [-0.25, -0.2) is 8.78 Å². The van der Waals surface area contributed by atoms with Crippen LogP contribution in [0.5, 0.6) is 17.8 Å². The first-order chi connectivity index (χ1) is 9.58. The van der Waals surface area contributed by atoms with E-state index in [-0.39, 0.29) is 23.7 Å². The third-order valence-corrected chi connectivity index (χ3v) is 2.15. The highest BCUT2D eigenvalue weighted by Crippen LogP contribution is 2.21. The fraction of sp³-hybridized carbons (Fsp3) is 0.250. The Morgan fingerprint density at radius 2 is 1.85 bits per heavy atom. The fourth-order valence-corrected chi connectivity index (χ4v) is 1.30. The lowest BCUT2D eigenvalue weighted by Gasteiger charge is -2.07. The van der Waals surface area contributed by atoms with Gasteiger partial charge in [0.2, 0.25) is 5.95 Å². The lowest BCUT2D eigenvalue weighted by molar-refractivity contribution is 0.285. The van der Waals surface area contributed by atoms with Crippen molar-refractivity contribution in [3.8, 4) is 17.8 Å². The first kappa shape index (κ1) is 13.9. The van der Waals surface area contributed by atoms with Gasteiger partial charge < -0.3 is 15.2 Å². The highest BCUT2D eigenvalue weighted by Gasteiger charge is 2.09. The Bertz CT molecular complexity index is 610. The highest BCUT2D eigenvalue weighted by molar-refractivity contribution is 5.28. The average Bonchev–Trinajstić information content (AvgIpc) is 2.40. The molecule has 0 saturated heterocycles. The number of ether oxygens (including phenoxy) is 2. The van der Waals surface area contributed by atoms with Crippen molar-refractivity contribution in [2.24, 2.45) is 0 Å². The maximum atomic E-state index is 13.0. The summed E-state index contributed by atoms with van der Waals surface area (Å²) in [5, 5.41) is 0. The van der Waals surface area contributed by atoms with Crippen LogP contribution in [0.15, 0.2) is 18.2 Å². The molecule has 0 unspecified atom stereocenters. The Kier molecular flexibility index (Phi) is 4.24. The lowest BCUT2D eigenvalue weighted by atomic mass is 10.3. The zero-order chi connectivity index (χ0) is 14.5. The summed E-state index contributed by atoms with van der Waals surface area (Å²) in [6.07, 6.45) is 0.769. The van der Waals surface area contributed by atoms with Crippen LogP contribution in [-0.2, 0) is 0 Å². The SMILES string of the molecule is CCCOc1nc(N)nc(Oc2ccc(F)c(F)c2)n1. The van der Waals surface area contributed by atoms with Crippen molar-refractivity contribution in [1.29, 1.82) is 0 Å². The van der Waals surface area contributed by atoms with Crippen LogP contribution in [0, 0.1) is 11.6 Å². The Morgan fingerprint density at radius 1 is 1.10 bits per heavy atom. The normalized spacial score (nSPS) is 10.3. The maximum absolute atomic E-state index is 13.0. The number of aromatic nitrogens is 3. The van der Waals surface area contributed by atoms with Crippen molar-refractivity contribution >= 4 is 5.95 Å². The molecule has 0 atom stereocenters. The van der Waals surface area contributed by atoms with Crippen LogP contribution in [0.2, 0.25) is 0 Å². The second-order valence-corrected chi connectivity index (χ2v) is 3.79. The number of hydrogen-bond acceptors (Lipinski definition) is 6. The topological polar surface area (TPSA) is 83.2 Å². The fourth-order valence-electron chi connectivity index (χ4n) is 1.30. The third kappa shape index (κ3) is 3.50. The summed E-state index contributed by atoms with van der Waals surface area (Å²) in [5.41, 5.74) is 5.48. The molecule has 1 aromatic carbocycles. The zero-order valence-electron chi connectivity index (χ0n) is 10.6. The first-order valence-electron chi connectivity index (χ1n) is 5.85. The molecule has 1 heterocycles. The molecule has 2 aromatic rings. The number of benzene rings is 1. The van der Waals surface area contributed by atoms with E-state index in [4.69, 9.17) is 15.2 Å². The van der Waals surface area contributed by atoms with Crippen molar-refractivity contribution in [3.05, 3.63) is 29.8 Å². The first-order valence-corrected chi connectivity index (χ1v) is 5.85. The standard InChI is InChI=1S/C12H12F2N4O2/c1-2-5-19-11-16-10(15)17-12(18-11)20-7-3-4-8(13)9(14)6-7/h3-4,6H,2,5H2,1H3,(H2,15,16,17,18). The smallest absolute Gasteiger partial charge is 0.330 e. The molecule has 2 N–H and O–H groups in total. The van der Waals surface area contributed by atoms with E-state index in [9.17, 15) is 8.78 Å². The van der Waals surface area contributed by atoms with Gasteiger partial charge in [0, 0.05) is 6.07 Å². The summed E-state index contributed by atoms with van der Waals surface area (Å²) in [6.45, 7) is 2.33. The molecule has 2 rings (SSSR count). The minimum absolute atomic E-state index is 0.0110. The molecule has 0 saturated carbocycles. The summed E-state index contributed by atoms with van der Waals surface area (Å²) < 4.78 is 36.2. The van der Waals surface area contributed by atoms with Gasteiger partial charge in [-0.15, -0.1) is 4.98 Å². The molecular formula is C12H12F2N4O2. The summed E-state index contributed by atoms with van der Waals surface area (Å²) in [7, 11) is 0. The van der Waals surface area contributed by atoms with Gasteiger partial charge in [-0.05, 0) is 18.6 Å². The van der Waals surface area contributed by atoms with E-state index in [1.54, 1.807) is 0 Å². The number of anilines is 1. The third-order valence-electron chi connectivity index (χ3n) is 2.15. The molecule has 8 heteroatoms. The molecule has 0 spiro atoms. The second kappa shape index (κ2) is 6.09. The number of halogens is 2. The van der Waals surface area contributed by atoms with Crippen molar-refractivity contribution in [1.82, 2.24) is 15.0 Å². The van der Waals surface area contributed by atoms with Gasteiger partial charge in [-0.1, -0.05) is 6.92 Å². The van der Waals surface area contributed by atoms with Gasteiger partial charge in [-0.3, -0.25) is 0 Å². The Hall–Kier alpha value is -2.51. The monoisotopic (exact) mass is 282 g/mol. The van der Waals surface area contributed by atoms with Crippen LogP contribution in [0.4, 0.5) is 14.7 Å². The van der Waals surface area contributed by atoms with E-state index in [2.05, 4.69) is 15.0 Å². The molecule has 106 valence electrons. The molecule has 1 aromatic heterocycles. The minimum Gasteiger partial charge on any atom is -0.463 e. The Morgan fingerprint density at radius 3 is 2.55 bits per heavy atom. The van der Waals surface area contributed by atoms with E-state index in [0.717, 1.165) is 18.6 Å². The second-order valence-electron chi connectivity index (χ2n) is 3.79. The minimum atomic E-state index is -1.04. The van der Waals surface area contributed by atoms with Gasteiger partial charge in [0.15, 0.2) is 11.6 Å². The number of nitrogens with zero attached hydrogens (tertiary/aromatic N) is 3. The van der Waals surface area contributed by atoms with Crippen LogP contribution in [0.25, 0.3) is 0 Å². The van der Waals surface area contributed by atoms with Crippen molar-refractivity contribution in [3.63, 3.8) is 0 Å². The summed E-state index contributed by atoms with van der Waals surface area (Å²) in [6, 6.07) is 2.91. The quantitative estimate of drug-likeness (QED) is 0.906. The van der Waals surface area contributed by atoms with E-state index < -0.39 is 11.6 Å². The largest absolute Gasteiger partial charge is 0.463 e. The molecule has 0 aliphatic carbocycles. The summed E-state index contributed by atoms with van der Waals surface area (Å²) in [4.78, 5) is 11.3. The number of nitrogen functional groups attached to an aromatic ring is 1. The van der Waals surface area contributed by atoms with E-state index >= 15 is 0 Å². The van der Waals surface area contributed by atoms with Crippen LogP contribution in [-0.4, -0.2) is 21.6 Å². The molecule has 0 radical (unpaired) electrons. The molecule has 0 fully saturated rings. The van der Waals surface area contributed by atoms with Gasteiger partial charge in [0.1, 0.15) is 5.75 Å².